The maximum atomic E-state index is 5.24. The van der Waals surface area contributed by atoms with E-state index in [-0.39, 0.29) is 5.41 Å². The van der Waals surface area contributed by atoms with Crippen LogP contribution in [0.4, 0.5) is 0 Å². The number of pyridine rings is 1. The maximum Gasteiger partial charge on any atom is 0.0715 e. The average Bonchev–Trinajstić information content (AvgIpc) is 3.07. The molecule has 0 aliphatic heterocycles. The van der Waals surface area contributed by atoms with Crippen LogP contribution in [0.15, 0.2) is 85.0 Å². The van der Waals surface area contributed by atoms with Gasteiger partial charge >= 0.3 is 0 Å². The first-order valence-corrected chi connectivity index (χ1v) is 12.6. The van der Waals surface area contributed by atoms with Crippen LogP contribution in [0.1, 0.15) is 56.4 Å². The fraction of sp³-hybridized carbons (Fsp3) is 0.206. The normalized spacial score (nSPS) is 15.7. The Bertz CT molecular complexity index is 1660. The van der Waals surface area contributed by atoms with Crippen molar-refractivity contribution in [3.05, 3.63) is 118 Å². The highest BCUT2D eigenvalue weighted by molar-refractivity contribution is 5.98. The van der Waals surface area contributed by atoms with Gasteiger partial charge in [0.25, 0.3) is 0 Å². The molecule has 1 heterocycles. The number of rotatable bonds is 3. The van der Waals surface area contributed by atoms with Gasteiger partial charge in [0.1, 0.15) is 0 Å². The minimum Gasteiger partial charge on any atom is -0.248 e. The van der Waals surface area contributed by atoms with Crippen molar-refractivity contribution in [2.75, 3.05) is 0 Å². The standard InChI is InChI=1S/C34H31N/c1-6-25-26-15-11-10-14-24(26)19-28-32(25)27-18-23(21(2)3)16-17-30-33(27)29(34(28,4)5)20-31(35-30)22-12-8-7-9-13-22/h6-17,19-21H,1,18H2,2-5H3. The van der Waals surface area contributed by atoms with Crippen LogP contribution in [-0.2, 0) is 5.41 Å². The summed E-state index contributed by atoms with van der Waals surface area (Å²) in [5.74, 6) is 0.469. The Morgan fingerprint density at radius 1 is 0.914 bits per heavy atom. The lowest BCUT2D eigenvalue weighted by Gasteiger charge is -2.36. The lowest BCUT2D eigenvalue weighted by molar-refractivity contribution is 0.624. The molecule has 6 rings (SSSR count). The van der Waals surface area contributed by atoms with E-state index in [0.717, 1.165) is 23.0 Å². The van der Waals surface area contributed by atoms with Crippen molar-refractivity contribution >= 4 is 28.5 Å². The number of aromatic nitrogens is 1. The fourth-order valence-corrected chi connectivity index (χ4v) is 5.95. The van der Waals surface area contributed by atoms with Gasteiger partial charge in [0, 0.05) is 16.2 Å². The molecule has 0 unspecified atom stereocenters. The fourth-order valence-electron chi connectivity index (χ4n) is 5.95. The minimum absolute atomic E-state index is 0.173. The molecule has 0 amide bonds. The smallest absolute Gasteiger partial charge is 0.0715 e. The number of hydrogen-bond donors (Lipinski definition) is 0. The Labute approximate surface area is 207 Å². The molecule has 172 valence electrons. The molecule has 0 bridgehead atoms. The number of benzene rings is 3. The zero-order chi connectivity index (χ0) is 24.3. The molecule has 1 aromatic heterocycles. The van der Waals surface area contributed by atoms with Gasteiger partial charge in [-0.3, -0.25) is 0 Å². The summed E-state index contributed by atoms with van der Waals surface area (Å²) in [4.78, 5) is 5.24. The predicted molar refractivity (Wildman–Crippen MR) is 150 cm³/mol. The van der Waals surface area contributed by atoms with Gasteiger partial charge in [-0.2, -0.15) is 0 Å². The summed E-state index contributed by atoms with van der Waals surface area (Å²) >= 11 is 0. The molecule has 2 aliphatic carbocycles. The molecule has 1 nitrogen and oxygen atoms in total. The van der Waals surface area contributed by atoms with E-state index in [4.69, 9.17) is 4.98 Å². The van der Waals surface area contributed by atoms with Crippen LogP contribution in [0, 0.1) is 5.92 Å². The number of fused-ring (bicyclic) bond motifs is 3. The highest BCUT2D eigenvalue weighted by atomic mass is 14.7. The molecular formula is C34H31N. The summed E-state index contributed by atoms with van der Waals surface area (Å²) in [7, 11) is 0. The number of hydrogen-bond acceptors (Lipinski definition) is 1. The molecule has 0 atom stereocenters. The van der Waals surface area contributed by atoms with Crippen LogP contribution in [0.25, 0.3) is 39.8 Å². The third-order valence-electron chi connectivity index (χ3n) is 7.94. The van der Waals surface area contributed by atoms with Crippen LogP contribution in [0.5, 0.6) is 0 Å². The van der Waals surface area contributed by atoms with Gasteiger partial charge in [0.15, 0.2) is 0 Å². The van der Waals surface area contributed by atoms with Crippen LogP contribution in [0.2, 0.25) is 0 Å². The first-order chi connectivity index (χ1) is 16.9. The molecule has 3 aromatic carbocycles. The van der Waals surface area contributed by atoms with E-state index in [1.807, 2.05) is 0 Å². The molecule has 0 saturated heterocycles. The minimum atomic E-state index is -0.173. The van der Waals surface area contributed by atoms with E-state index >= 15 is 0 Å². The van der Waals surface area contributed by atoms with Crippen molar-refractivity contribution in [3.8, 4) is 11.3 Å². The number of allylic oxidation sites excluding steroid dienone is 2. The van der Waals surface area contributed by atoms with Gasteiger partial charge in [-0.25, -0.2) is 4.98 Å². The summed E-state index contributed by atoms with van der Waals surface area (Å²) in [6, 6.07) is 24.1. The third-order valence-corrected chi connectivity index (χ3v) is 7.94. The van der Waals surface area contributed by atoms with Crippen molar-refractivity contribution in [2.24, 2.45) is 5.92 Å². The molecule has 1 heteroatoms. The SMILES string of the molecule is C=Cc1c2c(cc3ccccc13)C(C)(C)c1cc(-c3ccccc3)nc3c1=C2CC(C(C)C)=CC=3. The topological polar surface area (TPSA) is 12.9 Å². The van der Waals surface area contributed by atoms with Gasteiger partial charge in [0.05, 0.1) is 11.0 Å². The molecule has 2 aliphatic rings. The lowest BCUT2D eigenvalue weighted by atomic mass is 9.67. The summed E-state index contributed by atoms with van der Waals surface area (Å²) in [6.45, 7) is 13.6. The third kappa shape index (κ3) is 3.26. The van der Waals surface area contributed by atoms with E-state index < -0.39 is 0 Å². The summed E-state index contributed by atoms with van der Waals surface area (Å²) in [5, 5.41) is 4.93. The molecule has 0 N–H and O–H groups in total. The molecular weight excluding hydrogens is 422 g/mol. The first-order valence-electron chi connectivity index (χ1n) is 12.6. The second kappa shape index (κ2) is 7.92. The predicted octanol–water partition coefficient (Wildman–Crippen LogP) is 7.15. The summed E-state index contributed by atoms with van der Waals surface area (Å²) in [6.07, 6.45) is 7.56. The first kappa shape index (κ1) is 21.8. The van der Waals surface area contributed by atoms with Crippen molar-refractivity contribution in [3.63, 3.8) is 0 Å². The summed E-state index contributed by atoms with van der Waals surface area (Å²) in [5.41, 5.74) is 10.2. The van der Waals surface area contributed by atoms with Gasteiger partial charge in [-0.15, -0.1) is 0 Å². The van der Waals surface area contributed by atoms with E-state index in [1.165, 1.54) is 49.4 Å². The highest BCUT2D eigenvalue weighted by Gasteiger charge is 2.36. The Morgan fingerprint density at radius 2 is 1.66 bits per heavy atom. The Balaban J connectivity index is 1.82. The monoisotopic (exact) mass is 453 g/mol. The highest BCUT2D eigenvalue weighted by Crippen LogP contribution is 2.45. The maximum absolute atomic E-state index is 5.24. The number of nitrogens with zero attached hydrogens (tertiary/aromatic N) is 1. The van der Waals surface area contributed by atoms with E-state index in [9.17, 15) is 0 Å². The van der Waals surface area contributed by atoms with Crippen molar-refractivity contribution in [1.82, 2.24) is 4.98 Å². The molecule has 35 heavy (non-hydrogen) atoms. The molecule has 0 spiro atoms. The second-order valence-electron chi connectivity index (χ2n) is 10.7. The molecule has 0 radical (unpaired) electrons. The van der Waals surface area contributed by atoms with E-state index in [2.05, 4.69) is 119 Å². The summed E-state index contributed by atoms with van der Waals surface area (Å²) < 4.78 is 0. The van der Waals surface area contributed by atoms with Crippen LogP contribution in [0.3, 0.4) is 0 Å². The van der Waals surface area contributed by atoms with Crippen molar-refractivity contribution in [1.29, 1.82) is 0 Å². The van der Waals surface area contributed by atoms with Crippen LogP contribution < -0.4 is 10.6 Å². The Morgan fingerprint density at radius 3 is 2.40 bits per heavy atom. The zero-order valence-electron chi connectivity index (χ0n) is 21.0. The van der Waals surface area contributed by atoms with Crippen molar-refractivity contribution < 1.29 is 0 Å². The largest absolute Gasteiger partial charge is 0.248 e. The Hall–Kier alpha value is -3.71. The quantitative estimate of drug-likeness (QED) is 0.321. The molecule has 4 aromatic rings. The van der Waals surface area contributed by atoms with Gasteiger partial charge in [0.2, 0.25) is 0 Å². The molecule has 0 saturated carbocycles. The van der Waals surface area contributed by atoms with E-state index in [0.29, 0.717) is 5.92 Å². The van der Waals surface area contributed by atoms with Crippen LogP contribution >= 0.6 is 0 Å². The van der Waals surface area contributed by atoms with Gasteiger partial charge < -0.3 is 0 Å². The molecule has 0 fully saturated rings. The van der Waals surface area contributed by atoms with Gasteiger partial charge in [-0.1, -0.05) is 107 Å². The van der Waals surface area contributed by atoms with Gasteiger partial charge in [-0.05, 0) is 69.1 Å². The van der Waals surface area contributed by atoms with E-state index in [1.54, 1.807) is 0 Å². The van der Waals surface area contributed by atoms with Crippen molar-refractivity contribution in [2.45, 2.75) is 39.5 Å². The van der Waals surface area contributed by atoms with Crippen LogP contribution in [-0.4, -0.2) is 4.98 Å². The zero-order valence-corrected chi connectivity index (χ0v) is 21.0. The lowest BCUT2D eigenvalue weighted by Crippen LogP contribution is -2.43. The second-order valence-corrected chi connectivity index (χ2v) is 10.7. The average molecular weight is 454 g/mol. The Kier molecular flexibility index (Phi) is 4.93.